The number of benzene rings is 7. The second kappa shape index (κ2) is 15.2. The van der Waals surface area contributed by atoms with E-state index < -0.39 is 5.41 Å². The van der Waals surface area contributed by atoms with Crippen molar-refractivity contribution in [3.63, 3.8) is 0 Å². The van der Waals surface area contributed by atoms with Gasteiger partial charge in [-0.2, -0.15) is 0 Å². The molecule has 0 heterocycles. The Morgan fingerprint density at radius 1 is 0.477 bits per heavy atom. The summed E-state index contributed by atoms with van der Waals surface area (Å²) in [4.78, 5) is 2.54. The lowest BCUT2D eigenvalue weighted by Gasteiger charge is -2.45. The minimum Gasteiger partial charge on any atom is -0.310 e. The Kier molecular flexibility index (Phi) is 10.00. The first-order valence-corrected chi connectivity index (χ1v) is 23.9. The minimum absolute atomic E-state index is 0.0120. The van der Waals surface area contributed by atoms with E-state index in [-0.39, 0.29) is 21.7 Å². The maximum absolute atomic E-state index is 2.59. The molecule has 0 saturated carbocycles. The molecule has 0 radical (unpaired) electrons. The van der Waals surface area contributed by atoms with E-state index in [2.05, 4.69) is 257 Å². The van der Waals surface area contributed by atoms with Crippen LogP contribution in [0.3, 0.4) is 0 Å². The molecule has 0 saturated heterocycles. The molecule has 1 nitrogen and oxygen atoms in total. The smallest absolute Gasteiger partial charge is 0.0540 e. The van der Waals surface area contributed by atoms with Gasteiger partial charge in [-0.25, -0.2) is 0 Å². The first kappa shape index (κ1) is 42.8. The Morgan fingerprint density at radius 2 is 1.09 bits per heavy atom. The average molecular weight is 848 g/mol. The molecule has 7 aromatic rings. The Balaban J connectivity index is 1.27. The van der Waals surface area contributed by atoms with Crippen LogP contribution in [-0.4, -0.2) is 0 Å². The highest BCUT2D eigenvalue weighted by atomic mass is 15.1. The molecular weight excluding hydrogens is 783 g/mol. The molecule has 0 amide bonds. The molecule has 7 aromatic carbocycles. The molecule has 65 heavy (non-hydrogen) atoms. The van der Waals surface area contributed by atoms with Crippen LogP contribution in [0.15, 0.2) is 176 Å². The highest BCUT2D eigenvalue weighted by molar-refractivity contribution is 6.00. The summed E-state index contributed by atoms with van der Waals surface area (Å²) in [6, 6.07) is 58.7. The summed E-state index contributed by atoms with van der Waals surface area (Å²) in [7, 11) is 0. The van der Waals surface area contributed by atoms with E-state index in [1.165, 1.54) is 83.6 Å². The standard InChI is InChI=1S/C64H65N/c1-60(2,3)45-32-36-52-56(39-45)64(62(7,8)9,44-24-16-13-17-25-44)57-40-46(61(4,5)6)38-53(59(52)57)51-27-19-21-29-58(51)65(47-33-30-43(31-34-47)42-22-14-12-15-23-42)48-35-37-50-49-26-18-20-28-54(49)63(10,11)55(50)41-48/h12-22,24-42H,23H2,1-11H3. The largest absolute Gasteiger partial charge is 0.310 e. The van der Waals surface area contributed by atoms with E-state index in [0.717, 1.165) is 17.8 Å². The Hall–Kier alpha value is -6.18. The van der Waals surface area contributed by atoms with Crippen molar-refractivity contribution in [1.82, 2.24) is 0 Å². The van der Waals surface area contributed by atoms with Gasteiger partial charge in [0.25, 0.3) is 0 Å². The van der Waals surface area contributed by atoms with Gasteiger partial charge in [0, 0.05) is 28.3 Å². The third-order valence-corrected chi connectivity index (χ3v) is 15.1. The van der Waals surface area contributed by atoms with Crippen molar-refractivity contribution in [3.8, 4) is 33.4 Å². The molecule has 0 fully saturated rings. The van der Waals surface area contributed by atoms with Crippen LogP contribution in [0.25, 0.3) is 33.4 Å². The Morgan fingerprint density at radius 3 is 1.77 bits per heavy atom. The molecule has 0 aromatic heterocycles. The molecule has 2 atom stereocenters. The third kappa shape index (κ3) is 6.80. The molecule has 3 aliphatic carbocycles. The molecular formula is C64H65N. The molecule has 10 rings (SSSR count). The third-order valence-electron chi connectivity index (χ3n) is 15.1. The van der Waals surface area contributed by atoms with E-state index in [4.69, 9.17) is 0 Å². The molecule has 326 valence electrons. The van der Waals surface area contributed by atoms with Gasteiger partial charge < -0.3 is 4.90 Å². The predicted molar refractivity (Wildman–Crippen MR) is 278 cm³/mol. The van der Waals surface area contributed by atoms with Gasteiger partial charge in [0.1, 0.15) is 0 Å². The summed E-state index contributed by atoms with van der Waals surface area (Å²) >= 11 is 0. The van der Waals surface area contributed by atoms with E-state index >= 15 is 0 Å². The molecule has 1 heteroatoms. The van der Waals surface area contributed by atoms with E-state index in [9.17, 15) is 0 Å². The number of hydrogen-bond donors (Lipinski definition) is 0. The zero-order valence-corrected chi connectivity index (χ0v) is 40.5. The second-order valence-electron chi connectivity index (χ2n) is 22.6. The maximum atomic E-state index is 2.59. The fraction of sp³-hybridized carbons (Fsp3) is 0.281. The highest BCUT2D eigenvalue weighted by Crippen LogP contribution is 2.64. The zero-order valence-electron chi connectivity index (χ0n) is 40.5. The number of rotatable bonds is 6. The quantitative estimate of drug-likeness (QED) is 0.161. The topological polar surface area (TPSA) is 3.24 Å². The summed E-state index contributed by atoms with van der Waals surface area (Å²) in [5.41, 5.74) is 21.5. The Labute approximate surface area is 389 Å². The van der Waals surface area contributed by atoms with Gasteiger partial charge in [-0.1, -0.05) is 216 Å². The van der Waals surface area contributed by atoms with Crippen LogP contribution >= 0.6 is 0 Å². The monoisotopic (exact) mass is 848 g/mol. The van der Waals surface area contributed by atoms with Crippen LogP contribution in [0, 0.1) is 5.41 Å². The fourth-order valence-corrected chi connectivity index (χ4v) is 11.7. The molecule has 0 aliphatic heterocycles. The summed E-state index contributed by atoms with van der Waals surface area (Å²) in [6.45, 7) is 26.3. The summed E-state index contributed by atoms with van der Waals surface area (Å²) < 4.78 is 0. The van der Waals surface area contributed by atoms with Crippen LogP contribution in [-0.2, 0) is 21.7 Å². The number of fused-ring (bicyclic) bond motifs is 6. The Bertz CT molecular complexity index is 3030. The first-order chi connectivity index (χ1) is 30.9. The molecule has 3 aliphatic rings. The zero-order chi connectivity index (χ0) is 45.7. The number of allylic oxidation sites excluding steroid dienone is 4. The summed E-state index contributed by atoms with van der Waals surface area (Å²) in [5.74, 6) is 0.378. The van der Waals surface area contributed by atoms with Gasteiger partial charge in [-0.05, 0) is 131 Å². The number of hydrogen-bond acceptors (Lipinski definition) is 1. The first-order valence-electron chi connectivity index (χ1n) is 23.9. The summed E-state index contributed by atoms with van der Waals surface area (Å²) in [5, 5.41) is 0. The van der Waals surface area contributed by atoms with Gasteiger partial charge in [0.05, 0.1) is 11.1 Å². The van der Waals surface area contributed by atoms with Crippen molar-refractivity contribution in [3.05, 3.63) is 220 Å². The highest BCUT2D eigenvalue weighted by Gasteiger charge is 2.53. The van der Waals surface area contributed by atoms with Crippen LogP contribution in [0.5, 0.6) is 0 Å². The normalized spacial score (nSPS) is 18.2. The molecule has 2 unspecified atom stereocenters. The van der Waals surface area contributed by atoms with Crippen molar-refractivity contribution in [1.29, 1.82) is 0 Å². The lowest BCUT2D eigenvalue weighted by Crippen LogP contribution is -2.41. The van der Waals surface area contributed by atoms with Crippen LogP contribution in [0.4, 0.5) is 17.1 Å². The van der Waals surface area contributed by atoms with Gasteiger partial charge >= 0.3 is 0 Å². The van der Waals surface area contributed by atoms with Crippen molar-refractivity contribution in [2.24, 2.45) is 5.41 Å². The van der Waals surface area contributed by atoms with Crippen molar-refractivity contribution >= 4 is 17.1 Å². The van der Waals surface area contributed by atoms with Gasteiger partial charge in [-0.3, -0.25) is 0 Å². The molecule has 0 spiro atoms. The minimum atomic E-state index is -0.413. The summed E-state index contributed by atoms with van der Waals surface area (Å²) in [6.07, 6.45) is 9.99. The number of anilines is 3. The lowest BCUT2D eigenvalue weighted by atomic mass is 9.57. The van der Waals surface area contributed by atoms with Crippen molar-refractivity contribution in [2.45, 2.75) is 110 Å². The van der Waals surface area contributed by atoms with E-state index in [0.29, 0.717) is 5.92 Å². The van der Waals surface area contributed by atoms with Gasteiger partial charge in [0.2, 0.25) is 0 Å². The fourth-order valence-electron chi connectivity index (χ4n) is 11.7. The maximum Gasteiger partial charge on any atom is 0.0540 e. The van der Waals surface area contributed by atoms with Crippen molar-refractivity contribution < 1.29 is 0 Å². The van der Waals surface area contributed by atoms with E-state index in [1.54, 1.807) is 0 Å². The van der Waals surface area contributed by atoms with Gasteiger partial charge in [-0.15, -0.1) is 0 Å². The van der Waals surface area contributed by atoms with E-state index in [1.807, 2.05) is 0 Å². The molecule has 0 bridgehead atoms. The SMILES string of the molecule is CC(C)(C)c1ccc2c(c1)C(c1ccccc1)(C(C)(C)C)c1cc(C(C)(C)C)cc(-c3ccccc3N(c3ccc(C4C=CC=CC4)cc3)c3ccc4c(c3)C(C)(C)c3ccccc3-4)c1-2. The van der Waals surface area contributed by atoms with Crippen LogP contribution in [0.2, 0.25) is 0 Å². The van der Waals surface area contributed by atoms with Gasteiger partial charge in [0.15, 0.2) is 0 Å². The second-order valence-corrected chi connectivity index (χ2v) is 22.6. The predicted octanol–water partition coefficient (Wildman–Crippen LogP) is 17.7. The average Bonchev–Trinajstić information content (AvgIpc) is 3.72. The van der Waals surface area contributed by atoms with Crippen molar-refractivity contribution in [2.75, 3.05) is 4.90 Å². The van der Waals surface area contributed by atoms with Crippen LogP contribution in [0.1, 0.15) is 133 Å². The van der Waals surface area contributed by atoms with Crippen LogP contribution < -0.4 is 4.90 Å². The lowest BCUT2D eigenvalue weighted by molar-refractivity contribution is 0.277. The number of nitrogens with zero attached hydrogens (tertiary/aromatic N) is 1. The number of para-hydroxylation sites is 1. The molecule has 0 N–H and O–H groups in total.